The minimum Gasteiger partial charge on any atom is -0.494 e. The van der Waals surface area contributed by atoms with Gasteiger partial charge in [-0.1, -0.05) is 58.8 Å². The molecule has 1 fully saturated rings. The lowest BCUT2D eigenvalue weighted by Gasteiger charge is -2.33. The highest BCUT2D eigenvalue weighted by Gasteiger charge is 2.42. The second-order valence-electron chi connectivity index (χ2n) is 10.9. The van der Waals surface area contributed by atoms with Crippen LogP contribution in [0.25, 0.3) is 11.8 Å². The lowest BCUT2D eigenvalue weighted by atomic mass is 10.1. The van der Waals surface area contributed by atoms with E-state index in [9.17, 15) is 48.9 Å². The van der Waals surface area contributed by atoms with Crippen LogP contribution in [-0.4, -0.2) is 65.7 Å². The Hall–Kier alpha value is -6.31. The highest BCUT2D eigenvalue weighted by Crippen LogP contribution is 2.26. The molecule has 14 nitrogen and oxygen atoms in total. The number of hydrogen-bond donors (Lipinski definition) is 3. The third-order valence-corrected chi connectivity index (χ3v) is 7.65. The van der Waals surface area contributed by atoms with E-state index in [4.69, 9.17) is 0 Å². The maximum absolute atomic E-state index is 13.5. The van der Waals surface area contributed by atoms with Crippen LogP contribution in [0.15, 0.2) is 88.0 Å². The second-order valence-corrected chi connectivity index (χ2v) is 10.9. The number of hydrogen-bond acceptors (Lipinski definition) is 8. The van der Waals surface area contributed by atoms with Gasteiger partial charge in [0.1, 0.15) is 11.1 Å². The van der Waals surface area contributed by atoms with Crippen molar-refractivity contribution in [1.29, 1.82) is 0 Å². The van der Waals surface area contributed by atoms with Crippen molar-refractivity contribution in [1.82, 2.24) is 14.0 Å². The molecule has 51 heavy (non-hydrogen) atoms. The van der Waals surface area contributed by atoms with Crippen LogP contribution >= 0.6 is 0 Å². The van der Waals surface area contributed by atoms with Crippen molar-refractivity contribution in [3.8, 4) is 11.6 Å². The molecule has 4 amide bonds. The summed E-state index contributed by atoms with van der Waals surface area (Å²) in [5.74, 6) is -4.68. The van der Waals surface area contributed by atoms with Gasteiger partial charge < -0.3 is 15.3 Å². The summed E-state index contributed by atoms with van der Waals surface area (Å²) in [5.41, 5.74) is -2.19. The number of amides is 4. The topological polar surface area (TPSA) is 197 Å². The zero-order chi connectivity index (χ0) is 37.8. The van der Waals surface area contributed by atoms with Crippen molar-refractivity contribution in [2.24, 2.45) is 0 Å². The SMILES string of the molecule is CC.CCCCN1C(=O)\C(=C/C=C/C=C/c2c(O)n(CCCC)c(=O)n(-c3ccc(C(=O)O)cc3)c2=O)C(=O)N(c2ccc(C(=O)O)cc2)C1=O. The van der Waals surface area contributed by atoms with Crippen molar-refractivity contribution in [2.75, 3.05) is 11.4 Å². The van der Waals surface area contributed by atoms with E-state index >= 15 is 0 Å². The van der Waals surface area contributed by atoms with E-state index < -0.39 is 46.9 Å². The zero-order valence-corrected chi connectivity index (χ0v) is 28.7. The molecule has 3 aromatic rings. The Morgan fingerprint density at radius 1 is 0.706 bits per heavy atom. The zero-order valence-electron chi connectivity index (χ0n) is 28.7. The van der Waals surface area contributed by atoms with Gasteiger partial charge in [0.2, 0.25) is 5.88 Å². The number of carbonyl (C=O) groups is 5. The number of anilines is 1. The van der Waals surface area contributed by atoms with Crippen LogP contribution < -0.4 is 16.1 Å². The molecule has 2 aromatic carbocycles. The van der Waals surface area contributed by atoms with Crippen molar-refractivity contribution in [2.45, 2.75) is 59.9 Å². The van der Waals surface area contributed by atoms with Crippen LogP contribution in [0, 0.1) is 0 Å². The first kappa shape index (κ1) is 39.1. The Kier molecular flexibility index (Phi) is 13.7. The highest BCUT2D eigenvalue weighted by molar-refractivity contribution is 6.37. The number of imide groups is 2. The summed E-state index contributed by atoms with van der Waals surface area (Å²) in [6.45, 7) is 7.91. The summed E-state index contributed by atoms with van der Waals surface area (Å²) >= 11 is 0. The molecule has 14 heteroatoms. The van der Waals surface area contributed by atoms with Gasteiger partial charge in [0.05, 0.1) is 22.5 Å². The van der Waals surface area contributed by atoms with Crippen LogP contribution in [0.3, 0.4) is 0 Å². The Morgan fingerprint density at radius 3 is 1.76 bits per heavy atom. The van der Waals surface area contributed by atoms with E-state index in [-0.39, 0.29) is 46.7 Å². The number of urea groups is 1. The fourth-order valence-electron chi connectivity index (χ4n) is 4.96. The summed E-state index contributed by atoms with van der Waals surface area (Å²) < 4.78 is 1.87. The number of carbonyl (C=O) groups excluding carboxylic acids is 3. The molecule has 3 N–H and O–H groups in total. The molecule has 0 atom stereocenters. The first-order valence-electron chi connectivity index (χ1n) is 16.4. The molecule has 1 aliphatic heterocycles. The van der Waals surface area contributed by atoms with Gasteiger partial charge in [-0.25, -0.2) is 28.6 Å². The fraction of sp³-hybridized carbons (Fsp3) is 0.270. The predicted molar refractivity (Wildman–Crippen MR) is 190 cm³/mol. The molecular formula is C37H40N4O10. The Bertz CT molecular complexity index is 2000. The van der Waals surface area contributed by atoms with Gasteiger partial charge in [-0.05, 0) is 73.5 Å². The molecule has 0 bridgehead atoms. The summed E-state index contributed by atoms with van der Waals surface area (Å²) in [6, 6.07) is 9.30. The lowest BCUT2D eigenvalue weighted by Crippen LogP contribution is -2.56. The molecule has 0 spiro atoms. The number of barbiturate groups is 1. The lowest BCUT2D eigenvalue weighted by molar-refractivity contribution is -0.129. The van der Waals surface area contributed by atoms with Gasteiger partial charge >= 0.3 is 23.7 Å². The van der Waals surface area contributed by atoms with E-state index in [1.165, 1.54) is 78.9 Å². The van der Waals surface area contributed by atoms with Crippen molar-refractivity contribution in [3.63, 3.8) is 0 Å². The minimum absolute atomic E-state index is 0.0461. The number of aromatic nitrogens is 2. The number of unbranched alkanes of at least 4 members (excludes halogenated alkanes) is 2. The number of carboxylic acid groups (broad SMARTS) is 2. The molecule has 1 aliphatic rings. The number of carboxylic acids is 2. The Balaban J connectivity index is 0.00000345. The monoisotopic (exact) mass is 700 g/mol. The van der Waals surface area contributed by atoms with Crippen molar-refractivity contribution in [3.05, 3.63) is 116 Å². The van der Waals surface area contributed by atoms with Gasteiger partial charge in [-0.15, -0.1) is 0 Å². The maximum atomic E-state index is 13.5. The summed E-state index contributed by atoms with van der Waals surface area (Å²) in [6.07, 6.45) is 8.83. The molecule has 0 saturated carbocycles. The van der Waals surface area contributed by atoms with Gasteiger partial charge in [0, 0.05) is 13.1 Å². The summed E-state index contributed by atoms with van der Waals surface area (Å²) in [5, 5.41) is 29.4. The molecular weight excluding hydrogens is 660 g/mol. The van der Waals surface area contributed by atoms with E-state index in [1.807, 2.05) is 27.7 Å². The van der Waals surface area contributed by atoms with Gasteiger partial charge in [0.25, 0.3) is 17.4 Å². The largest absolute Gasteiger partial charge is 0.494 e. The van der Waals surface area contributed by atoms with Gasteiger partial charge in [-0.3, -0.25) is 23.9 Å². The van der Waals surface area contributed by atoms with Gasteiger partial charge in [-0.2, -0.15) is 0 Å². The van der Waals surface area contributed by atoms with Crippen molar-refractivity contribution >= 4 is 41.5 Å². The second kappa shape index (κ2) is 17.9. The molecule has 268 valence electrons. The average Bonchev–Trinajstić information content (AvgIpc) is 3.12. The van der Waals surface area contributed by atoms with E-state index in [0.717, 1.165) is 18.9 Å². The van der Waals surface area contributed by atoms with E-state index in [2.05, 4.69) is 0 Å². The third-order valence-electron chi connectivity index (χ3n) is 7.65. The van der Waals surface area contributed by atoms with E-state index in [0.29, 0.717) is 25.7 Å². The molecule has 0 aliphatic carbocycles. The molecule has 4 rings (SSSR count). The quantitative estimate of drug-likeness (QED) is 0.121. The molecule has 2 heterocycles. The standard InChI is InChI=1S/C35H34N4O10.C2H6/c1-3-5-20-36-28(40)26(30(42)38(34(36)48)24-16-12-22(13-17-24)32(44)45)10-8-7-9-11-27-29(41)37(21-6-4-2)35(49)39(31(27)43)25-18-14-23(15-19-25)33(46)47;1-2/h7-19,40H,3-6,20-21H2,1-2H3,(H,44,45)(H,46,47);1-2H3/b9-7+,10-8+,27-11+;. The van der Waals surface area contributed by atoms with Crippen LogP contribution in [0.4, 0.5) is 10.5 Å². The smallest absolute Gasteiger partial charge is 0.338 e. The van der Waals surface area contributed by atoms with Gasteiger partial charge in [0.15, 0.2) is 0 Å². The summed E-state index contributed by atoms with van der Waals surface area (Å²) in [4.78, 5) is 90.9. The first-order valence-corrected chi connectivity index (χ1v) is 16.4. The fourth-order valence-corrected chi connectivity index (χ4v) is 4.96. The number of benzene rings is 2. The Labute approximate surface area is 293 Å². The highest BCUT2D eigenvalue weighted by atomic mass is 16.4. The normalized spacial score (nSPS) is 14.0. The van der Waals surface area contributed by atoms with Crippen molar-refractivity contribution < 1.29 is 39.3 Å². The summed E-state index contributed by atoms with van der Waals surface area (Å²) in [7, 11) is 0. The Morgan fingerprint density at radius 2 is 1.24 bits per heavy atom. The average molecular weight is 701 g/mol. The molecule has 1 aromatic heterocycles. The molecule has 1 saturated heterocycles. The number of rotatable bonds is 13. The molecule has 0 unspecified atom stereocenters. The van der Waals surface area contributed by atoms with Crippen LogP contribution in [0.2, 0.25) is 0 Å². The van der Waals surface area contributed by atoms with Crippen LogP contribution in [0.1, 0.15) is 79.7 Å². The first-order chi connectivity index (χ1) is 24.4. The number of allylic oxidation sites excluding steroid dienone is 4. The third kappa shape index (κ3) is 8.65. The minimum atomic E-state index is -1.19. The predicted octanol–water partition coefficient (Wildman–Crippen LogP) is 5.22. The number of aromatic hydroxyl groups is 1. The number of nitrogens with zero attached hydrogens (tertiary/aromatic N) is 4. The molecule has 0 radical (unpaired) electrons. The maximum Gasteiger partial charge on any atom is 0.338 e. The van der Waals surface area contributed by atoms with Crippen LogP contribution in [-0.2, 0) is 16.1 Å². The van der Waals surface area contributed by atoms with E-state index in [1.54, 1.807) is 0 Å². The van der Waals surface area contributed by atoms with Crippen LogP contribution in [0.5, 0.6) is 5.88 Å². The number of aromatic carboxylic acids is 2.